The van der Waals surface area contributed by atoms with Crippen molar-refractivity contribution in [2.24, 2.45) is 0 Å². The van der Waals surface area contributed by atoms with Crippen molar-refractivity contribution in [1.29, 1.82) is 0 Å². The number of furan rings is 1. The highest BCUT2D eigenvalue weighted by molar-refractivity contribution is 5.84. The quantitative estimate of drug-likeness (QED) is 0.721. The third-order valence-electron chi connectivity index (χ3n) is 3.16. The normalized spacial score (nSPS) is 13.1. The fourth-order valence-corrected chi connectivity index (χ4v) is 2.22. The number of benzene rings is 2. The average Bonchev–Trinajstić information content (AvgIpc) is 3.02. The van der Waals surface area contributed by atoms with Gasteiger partial charge in [-0.25, -0.2) is 0 Å². The monoisotopic (exact) mass is 254 g/mol. The summed E-state index contributed by atoms with van der Waals surface area (Å²) in [6.45, 7) is 0.257. The standard InChI is InChI=1S/C15H10O4/c16-11-2-4-12-10(5-11)7-14(19-12)9-1-3-13-15(6-9)18-8-17-13/h1-7,16H,8H2. The molecule has 94 valence electrons. The number of phenols is 1. The molecule has 1 aromatic heterocycles. The van der Waals surface area contributed by atoms with Crippen LogP contribution in [0.15, 0.2) is 46.9 Å². The van der Waals surface area contributed by atoms with Crippen LogP contribution in [0.2, 0.25) is 0 Å². The van der Waals surface area contributed by atoms with Crippen LogP contribution >= 0.6 is 0 Å². The van der Waals surface area contributed by atoms with Gasteiger partial charge in [0.1, 0.15) is 17.1 Å². The van der Waals surface area contributed by atoms with Crippen molar-refractivity contribution in [3.05, 3.63) is 42.5 Å². The molecular weight excluding hydrogens is 244 g/mol. The van der Waals surface area contributed by atoms with E-state index in [1.165, 1.54) is 0 Å². The maximum absolute atomic E-state index is 9.46. The second-order valence-electron chi connectivity index (χ2n) is 4.40. The van der Waals surface area contributed by atoms with Crippen molar-refractivity contribution in [1.82, 2.24) is 0 Å². The van der Waals surface area contributed by atoms with Crippen molar-refractivity contribution in [3.8, 4) is 28.6 Å². The molecule has 0 spiro atoms. The molecule has 4 heteroatoms. The molecule has 0 fully saturated rings. The first-order valence-corrected chi connectivity index (χ1v) is 5.92. The molecule has 4 nitrogen and oxygen atoms in total. The SMILES string of the molecule is Oc1ccc2oc(-c3ccc4c(c3)OCO4)cc2c1. The highest BCUT2D eigenvalue weighted by atomic mass is 16.7. The number of hydrogen-bond donors (Lipinski definition) is 1. The topological polar surface area (TPSA) is 51.8 Å². The lowest BCUT2D eigenvalue weighted by atomic mass is 10.1. The van der Waals surface area contributed by atoms with Gasteiger partial charge in [-0.1, -0.05) is 0 Å². The summed E-state index contributed by atoms with van der Waals surface area (Å²) in [5, 5.41) is 10.3. The average molecular weight is 254 g/mol. The van der Waals surface area contributed by atoms with E-state index in [0.29, 0.717) is 0 Å². The number of ether oxygens (including phenoxy) is 2. The molecule has 0 saturated carbocycles. The summed E-state index contributed by atoms with van der Waals surface area (Å²) < 4.78 is 16.4. The van der Waals surface area contributed by atoms with Gasteiger partial charge in [0.2, 0.25) is 6.79 Å². The number of aromatic hydroxyl groups is 1. The molecule has 4 rings (SSSR count). The molecular formula is C15H10O4. The fourth-order valence-electron chi connectivity index (χ4n) is 2.22. The molecule has 0 bridgehead atoms. The van der Waals surface area contributed by atoms with Gasteiger partial charge in [-0.3, -0.25) is 0 Å². The Labute approximate surface area is 108 Å². The van der Waals surface area contributed by atoms with Gasteiger partial charge >= 0.3 is 0 Å². The Morgan fingerprint density at radius 3 is 2.74 bits per heavy atom. The van der Waals surface area contributed by atoms with Gasteiger partial charge in [-0.15, -0.1) is 0 Å². The van der Waals surface area contributed by atoms with E-state index in [2.05, 4.69) is 0 Å². The molecule has 0 saturated heterocycles. The maximum atomic E-state index is 9.46. The van der Waals surface area contributed by atoms with E-state index >= 15 is 0 Å². The third kappa shape index (κ3) is 1.61. The van der Waals surface area contributed by atoms with E-state index in [1.54, 1.807) is 18.2 Å². The Balaban J connectivity index is 1.85. The van der Waals surface area contributed by atoms with Crippen molar-refractivity contribution >= 4 is 11.0 Å². The summed E-state index contributed by atoms with van der Waals surface area (Å²) >= 11 is 0. The Morgan fingerprint density at radius 1 is 0.895 bits per heavy atom. The predicted octanol–water partition coefficient (Wildman–Crippen LogP) is 3.53. The third-order valence-corrected chi connectivity index (χ3v) is 3.16. The first kappa shape index (κ1) is 10.3. The van der Waals surface area contributed by atoms with Gasteiger partial charge in [0.15, 0.2) is 11.5 Å². The summed E-state index contributed by atoms with van der Waals surface area (Å²) in [5.41, 5.74) is 1.66. The Hall–Kier alpha value is -2.62. The largest absolute Gasteiger partial charge is 0.508 e. The van der Waals surface area contributed by atoms with E-state index < -0.39 is 0 Å². The van der Waals surface area contributed by atoms with Crippen molar-refractivity contribution in [2.45, 2.75) is 0 Å². The fraction of sp³-hybridized carbons (Fsp3) is 0.0667. The van der Waals surface area contributed by atoms with Gasteiger partial charge in [0.05, 0.1) is 0 Å². The highest BCUT2D eigenvalue weighted by Gasteiger charge is 2.15. The van der Waals surface area contributed by atoms with Crippen LogP contribution in [0.5, 0.6) is 17.2 Å². The van der Waals surface area contributed by atoms with Crippen LogP contribution in [0.4, 0.5) is 0 Å². The van der Waals surface area contributed by atoms with E-state index in [-0.39, 0.29) is 12.5 Å². The van der Waals surface area contributed by atoms with Gasteiger partial charge in [0.25, 0.3) is 0 Å². The molecule has 0 aliphatic carbocycles. The van der Waals surface area contributed by atoms with Crippen LogP contribution < -0.4 is 9.47 Å². The molecule has 0 amide bonds. The number of rotatable bonds is 1. The summed E-state index contributed by atoms with van der Waals surface area (Å²) in [6, 6.07) is 12.6. The molecule has 2 heterocycles. The molecule has 19 heavy (non-hydrogen) atoms. The summed E-state index contributed by atoms with van der Waals surface area (Å²) in [5.74, 6) is 2.43. The second kappa shape index (κ2) is 3.68. The molecule has 3 aromatic rings. The molecule has 1 N–H and O–H groups in total. The smallest absolute Gasteiger partial charge is 0.231 e. The number of phenolic OH excluding ortho intramolecular Hbond substituents is 1. The van der Waals surface area contributed by atoms with Crippen LogP contribution in [-0.2, 0) is 0 Å². The van der Waals surface area contributed by atoms with E-state index in [4.69, 9.17) is 13.9 Å². The van der Waals surface area contributed by atoms with Crippen molar-refractivity contribution in [3.63, 3.8) is 0 Å². The zero-order valence-electron chi connectivity index (χ0n) is 9.92. The van der Waals surface area contributed by atoms with Gasteiger partial charge < -0.3 is 19.0 Å². The Kier molecular flexibility index (Phi) is 2.00. The predicted molar refractivity (Wildman–Crippen MR) is 69.4 cm³/mol. The van der Waals surface area contributed by atoms with Crippen LogP contribution in [0.1, 0.15) is 0 Å². The van der Waals surface area contributed by atoms with Crippen LogP contribution in [-0.4, -0.2) is 11.9 Å². The molecule has 0 unspecified atom stereocenters. The lowest BCUT2D eigenvalue weighted by Crippen LogP contribution is -1.92. The van der Waals surface area contributed by atoms with Gasteiger partial charge in [0, 0.05) is 10.9 Å². The van der Waals surface area contributed by atoms with Crippen LogP contribution in [0.25, 0.3) is 22.3 Å². The Bertz CT molecular complexity index is 773. The second-order valence-corrected chi connectivity index (χ2v) is 4.40. The summed E-state index contributed by atoms with van der Waals surface area (Å²) in [6.07, 6.45) is 0. The first-order chi connectivity index (χ1) is 9.29. The zero-order chi connectivity index (χ0) is 12.8. The van der Waals surface area contributed by atoms with Crippen LogP contribution in [0, 0.1) is 0 Å². The van der Waals surface area contributed by atoms with Crippen molar-refractivity contribution in [2.75, 3.05) is 6.79 Å². The molecule has 0 radical (unpaired) electrons. The minimum Gasteiger partial charge on any atom is -0.508 e. The first-order valence-electron chi connectivity index (χ1n) is 5.92. The maximum Gasteiger partial charge on any atom is 0.231 e. The molecule has 0 atom stereocenters. The van der Waals surface area contributed by atoms with Gasteiger partial charge in [-0.05, 0) is 42.5 Å². The molecule has 1 aliphatic rings. The lowest BCUT2D eigenvalue weighted by molar-refractivity contribution is 0.174. The molecule has 1 aliphatic heterocycles. The zero-order valence-corrected chi connectivity index (χ0v) is 9.92. The highest BCUT2D eigenvalue weighted by Crippen LogP contribution is 2.37. The summed E-state index contributed by atoms with van der Waals surface area (Å²) in [7, 11) is 0. The lowest BCUT2D eigenvalue weighted by Gasteiger charge is -1.99. The van der Waals surface area contributed by atoms with Gasteiger partial charge in [-0.2, -0.15) is 0 Å². The molecule has 2 aromatic carbocycles. The van der Waals surface area contributed by atoms with E-state index in [0.717, 1.165) is 33.8 Å². The number of fused-ring (bicyclic) bond motifs is 2. The van der Waals surface area contributed by atoms with Crippen molar-refractivity contribution < 1.29 is 19.0 Å². The number of hydrogen-bond acceptors (Lipinski definition) is 4. The van der Waals surface area contributed by atoms with E-state index in [1.807, 2.05) is 24.3 Å². The van der Waals surface area contributed by atoms with Crippen LogP contribution in [0.3, 0.4) is 0 Å². The van der Waals surface area contributed by atoms with E-state index in [9.17, 15) is 5.11 Å². The minimum absolute atomic E-state index is 0.227. The summed E-state index contributed by atoms with van der Waals surface area (Å²) in [4.78, 5) is 0. The Morgan fingerprint density at radius 2 is 1.79 bits per heavy atom. The minimum atomic E-state index is 0.227.